The van der Waals surface area contributed by atoms with Gasteiger partial charge in [0.1, 0.15) is 11.5 Å². The zero-order valence-electron chi connectivity index (χ0n) is 17.0. The first-order valence-corrected chi connectivity index (χ1v) is 10.3. The standard InChI is InChI=1S/C24H23FN2O2S/c1-24(2,3)17-11-9-16(10-12-17)22(28)27-21(15-20-8-5-13-30-20)23(29)26-19-7-4-6-18(25)14-19/h4-15H,1-3H3,(H,26,29)(H,27,28). The van der Waals surface area contributed by atoms with Gasteiger partial charge in [0, 0.05) is 16.1 Å². The van der Waals surface area contributed by atoms with Crippen LogP contribution in [0.2, 0.25) is 0 Å². The van der Waals surface area contributed by atoms with Crippen molar-refractivity contribution in [2.24, 2.45) is 0 Å². The number of anilines is 1. The molecule has 0 aliphatic rings. The molecule has 2 N–H and O–H groups in total. The first-order chi connectivity index (χ1) is 14.2. The fourth-order valence-electron chi connectivity index (χ4n) is 2.75. The van der Waals surface area contributed by atoms with Gasteiger partial charge in [0.15, 0.2) is 0 Å². The Morgan fingerprint density at radius 2 is 1.73 bits per heavy atom. The van der Waals surface area contributed by atoms with E-state index in [4.69, 9.17) is 0 Å². The second-order valence-electron chi connectivity index (χ2n) is 7.82. The van der Waals surface area contributed by atoms with E-state index in [-0.39, 0.29) is 11.1 Å². The maximum absolute atomic E-state index is 13.4. The van der Waals surface area contributed by atoms with Crippen LogP contribution >= 0.6 is 11.3 Å². The van der Waals surface area contributed by atoms with Crippen molar-refractivity contribution in [1.29, 1.82) is 0 Å². The lowest BCUT2D eigenvalue weighted by Crippen LogP contribution is -2.30. The molecule has 4 nitrogen and oxygen atoms in total. The Labute approximate surface area is 179 Å². The monoisotopic (exact) mass is 422 g/mol. The van der Waals surface area contributed by atoms with Crippen LogP contribution in [-0.2, 0) is 10.2 Å². The summed E-state index contributed by atoms with van der Waals surface area (Å²) in [7, 11) is 0. The number of carbonyl (C=O) groups excluding carboxylic acids is 2. The Morgan fingerprint density at radius 3 is 2.33 bits per heavy atom. The Hall–Kier alpha value is -3.25. The Balaban J connectivity index is 1.82. The van der Waals surface area contributed by atoms with Gasteiger partial charge >= 0.3 is 0 Å². The van der Waals surface area contributed by atoms with Crippen molar-refractivity contribution in [3.8, 4) is 0 Å². The van der Waals surface area contributed by atoms with Gasteiger partial charge in [-0.2, -0.15) is 0 Å². The van der Waals surface area contributed by atoms with Gasteiger partial charge in [0.05, 0.1) is 0 Å². The molecule has 0 spiro atoms. The van der Waals surface area contributed by atoms with E-state index >= 15 is 0 Å². The Kier molecular flexibility index (Phi) is 6.47. The van der Waals surface area contributed by atoms with Crippen LogP contribution in [0.25, 0.3) is 6.08 Å². The number of nitrogens with one attached hydrogen (secondary N) is 2. The summed E-state index contributed by atoms with van der Waals surface area (Å²) in [5.74, 6) is -1.39. The minimum Gasteiger partial charge on any atom is -0.321 e. The van der Waals surface area contributed by atoms with Crippen molar-refractivity contribution in [3.05, 3.63) is 93.6 Å². The van der Waals surface area contributed by atoms with Gasteiger partial charge in [-0.3, -0.25) is 9.59 Å². The lowest BCUT2D eigenvalue weighted by Gasteiger charge is -2.19. The number of benzene rings is 2. The first kappa shape index (κ1) is 21.5. The molecule has 6 heteroatoms. The lowest BCUT2D eigenvalue weighted by atomic mass is 9.87. The molecule has 0 saturated carbocycles. The van der Waals surface area contributed by atoms with Crippen LogP contribution in [0.3, 0.4) is 0 Å². The fourth-order valence-corrected chi connectivity index (χ4v) is 3.41. The number of amides is 2. The zero-order valence-corrected chi connectivity index (χ0v) is 17.8. The van der Waals surface area contributed by atoms with Gasteiger partial charge < -0.3 is 10.6 Å². The van der Waals surface area contributed by atoms with Gasteiger partial charge in [-0.1, -0.05) is 45.0 Å². The summed E-state index contributed by atoms with van der Waals surface area (Å²) < 4.78 is 13.4. The number of rotatable bonds is 5. The number of thiophene rings is 1. The van der Waals surface area contributed by atoms with E-state index in [1.54, 1.807) is 24.3 Å². The third-order valence-electron chi connectivity index (χ3n) is 4.42. The van der Waals surface area contributed by atoms with E-state index in [1.165, 1.54) is 29.5 Å². The average molecular weight is 423 g/mol. The van der Waals surface area contributed by atoms with Crippen molar-refractivity contribution in [2.75, 3.05) is 5.32 Å². The molecular weight excluding hydrogens is 399 g/mol. The van der Waals surface area contributed by atoms with Crippen molar-refractivity contribution < 1.29 is 14.0 Å². The van der Waals surface area contributed by atoms with E-state index < -0.39 is 17.6 Å². The third-order valence-corrected chi connectivity index (χ3v) is 5.24. The molecule has 1 heterocycles. The maximum Gasteiger partial charge on any atom is 0.272 e. The van der Waals surface area contributed by atoms with Gasteiger partial charge in [-0.15, -0.1) is 11.3 Å². The van der Waals surface area contributed by atoms with Gasteiger partial charge in [0.25, 0.3) is 11.8 Å². The summed E-state index contributed by atoms with van der Waals surface area (Å²) in [5.41, 5.74) is 1.91. The average Bonchev–Trinajstić information content (AvgIpc) is 3.20. The molecule has 1 aromatic heterocycles. The third kappa shape index (κ3) is 5.64. The molecule has 3 aromatic rings. The first-order valence-electron chi connectivity index (χ1n) is 9.46. The minimum atomic E-state index is -0.534. The minimum absolute atomic E-state index is 0.0237. The summed E-state index contributed by atoms with van der Waals surface area (Å²) in [4.78, 5) is 26.4. The predicted octanol–water partition coefficient (Wildman–Crippen LogP) is 5.59. The highest BCUT2D eigenvalue weighted by Gasteiger charge is 2.17. The largest absolute Gasteiger partial charge is 0.321 e. The van der Waals surface area contributed by atoms with E-state index in [9.17, 15) is 14.0 Å². The molecule has 3 rings (SSSR count). The van der Waals surface area contributed by atoms with Crippen LogP contribution in [0, 0.1) is 5.82 Å². The van der Waals surface area contributed by atoms with Crippen LogP contribution in [0.15, 0.2) is 71.7 Å². The number of carbonyl (C=O) groups is 2. The van der Waals surface area contributed by atoms with Crippen LogP contribution in [0.1, 0.15) is 41.6 Å². The van der Waals surface area contributed by atoms with Gasteiger partial charge in [-0.25, -0.2) is 4.39 Å². The van der Waals surface area contributed by atoms with E-state index in [1.807, 2.05) is 29.6 Å². The second kappa shape index (κ2) is 9.05. The van der Waals surface area contributed by atoms with Crippen LogP contribution in [-0.4, -0.2) is 11.8 Å². The molecule has 0 fully saturated rings. The highest BCUT2D eigenvalue weighted by molar-refractivity contribution is 7.10. The van der Waals surface area contributed by atoms with Gasteiger partial charge in [0.2, 0.25) is 0 Å². The molecule has 0 aliphatic heterocycles. The molecule has 0 aliphatic carbocycles. The Morgan fingerprint density at radius 1 is 1.00 bits per heavy atom. The van der Waals surface area contributed by atoms with Crippen molar-refractivity contribution in [2.45, 2.75) is 26.2 Å². The van der Waals surface area contributed by atoms with E-state index in [0.29, 0.717) is 11.3 Å². The zero-order chi connectivity index (χ0) is 21.7. The van der Waals surface area contributed by atoms with Gasteiger partial charge in [-0.05, 0) is 58.8 Å². The summed E-state index contributed by atoms with van der Waals surface area (Å²) in [6, 6.07) is 16.6. The topological polar surface area (TPSA) is 58.2 Å². The molecule has 2 amide bonds. The van der Waals surface area contributed by atoms with Crippen molar-refractivity contribution >= 4 is 34.9 Å². The highest BCUT2D eigenvalue weighted by Crippen LogP contribution is 2.22. The summed E-state index contributed by atoms with van der Waals surface area (Å²) in [6.45, 7) is 6.29. The molecule has 0 radical (unpaired) electrons. The van der Waals surface area contributed by atoms with Crippen molar-refractivity contribution in [3.63, 3.8) is 0 Å². The highest BCUT2D eigenvalue weighted by atomic mass is 32.1. The molecule has 154 valence electrons. The fraction of sp³-hybridized carbons (Fsp3) is 0.167. The SMILES string of the molecule is CC(C)(C)c1ccc(C(=O)NC(=Cc2cccs2)C(=O)Nc2cccc(F)c2)cc1. The van der Waals surface area contributed by atoms with E-state index in [2.05, 4.69) is 31.4 Å². The van der Waals surface area contributed by atoms with Crippen LogP contribution < -0.4 is 10.6 Å². The number of hydrogen-bond acceptors (Lipinski definition) is 3. The molecule has 0 unspecified atom stereocenters. The normalized spacial score (nSPS) is 11.8. The lowest BCUT2D eigenvalue weighted by molar-refractivity contribution is -0.113. The molecule has 30 heavy (non-hydrogen) atoms. The second-order valence-corrected chi connectivity index (χ2v) is 8.80. The number of hydrogen-bond donors (Lipinski definition) is 2. The molecule has 0 saturated heterocycles. The predicted molar refractivity (Wildman–Crippen MR) is 120 cm³/mol. The van der Waals surface area contributed by atoms with Crippen LogP contribution in [0.5, 0.6) is 0 Å². The number of halogens is 1. The van der Waals surface area contributed by atoms with Crippen molar-refractivity contribution in [1.82, 2.24) is 5.32 Å². The maximum atomic E-state index is 13.4. The Bertz CT molecular complexity index is 1070. The van der Waals surface area contributed by atoms with E-state index in [0.717, 1.165) is 10.4 Å². The smallest absolute Gasteiger partial charge is 0.272 e. The quantitative estimate of drug-likeness (QED) is 0.526. The summed E-state index contributed by atoms with van der Waals surface area (Å²) >= 11 is 1.44. The molecule has 0 atom stereocenters. The summed E-state index contributed by atoms with van der Waals surface area (Å²) in [6.07, 6.45) is 1.60. The molecular formula is C24H23FN2O2S. The summed E-state index contributed by atoms with van der Waals surface area (Å²) in [5, 5.41) is 7.19. The molecule has 0 bridgehead atoms. The van der Waals surface area contributed by atoms with Crippen LogP contribution in [0.4, 0.5) is 10.1 Å². The molecule has 2 aromatic carbocycles.